The third-order valence-electron chi connectivity index (χ3n) is 11.9. The number of rotatable bonds is 47. The summed E-state index contributed by atoms with van der Waals surface area (Å²) in [5.74, 6) is -0.521. The highest BCUT2D eigenvalue weighted by atomic mass is 16.5. The molecule has 0 aromatic rings. The van der Waals surface area contributed by atoms with E-state index in [-0.39, 0.29) is 24.9 Å². The lowest BCUT2D eigenvalue weighted by Crippen LogP contribution is -2.46. The Morgan fingerprint density at radius 2 is 0.885 bits per heavy atom. The van der Waals surface area contributed by atoms with Gasteiger partial charge in [-0.1, -0.05) is 243 Å². The van der Waals surface area contributed by atoms with Crippen LogP contribution in [0.5, 0.6) is 0 Å². The molecule has 0 rings (SSSR count). The number of ether oxygens (including phenoxy) is 1. The van der Waals surface area contributed by atoms with E-state index in [1.807, 2.05) is 0 Å². The average molecular weight is 856 g/mol. The summed E-state index contributed by atoms with van der Waals surface area (Å²) in [5.41, 5.74) is 0. The van der Waals surface area contributed by atoms with Gasteiger partial charge < -0.3 is 20.3 Å². The molecular formula is C55H101NO5. The van der Waals surface area contributed by atoms with E-state index in [1.165, 1.54) is 141 Å². The SMILES string of the molecule is CC/C=C/C/C=C/C/C=C/C/C=C/CCCC(CC(=O)NC(CO)C(O)CCCCCCCCCCCCCCCCCC)OC(=O)CCCCCCCCCCCCCC. The number of aliphatic hydroxyl groups is 2. The maximum Gasteiger partial charge on any atom is 0.306 e. The second-order valence-corrected chi connectivity index (χ2v) is 17.9. The van der Waals surface area contributed by atoms with Gasteiger partial charge in [0.05, 0.1) is 25.2 Å². The number of carbonyl (C=O) groups is 2. The largest absolute Gasteiger partial charge is 0.462 e. The molecule has 0 aromatic heterocycles. The molecule has 0 aliphatic rings. The highest BCUT2D eigenvalue weighted by molar-refractivity contribution is 5.77. The number of carbonyl (C=O) groups excluding carboxylic acids is 2. The van der Waals surface area contributed by atoms with Gasteiger partial charge in [-0.15, -0.1) is 0 Å². The lowest BCUT2D eigenvalue weighted by molar-refractivity contribution is -0.151. The summed E-state index contributed by atoms with van der Waals surface area (Å²) < 4.78 is 5.90. The molecule has 0 saturated carbocycles. The standard InChI is InChI=1S/C55H101NO5/c1-4-7-10-13-16-19-22-25-27-28-30-32-35-38-41-44-47-53(58)52(50-57)56-54(59)49-51(46-43-40-37-34-31-29-26-23-20-17-14-11-8-5-2)61-55(60)48-45-42-39-36-33-24-21-18-15-12-9-6-3/h8,11,17,20,26,29,34,37,51-53,57-58H,4-7,9-10,12-16,18-19,21-25,27-28,30-33,35-36,38-50H2,1-3H3,(H,56,59)/b11-8+,20-17+,29-26+,37-34+. The molecule has 0 radical (unpaired) electrons. The summed E-state index contributed by atoms with van der Waals surface area (Å²) in [6.07, 6.45) is 58.9. The molecular weight excluding hydrogens is 755 g/mol. The molecule has 6 nitrogen and oxygen atoms in total. The maximum absolute atomic E-state index is 13.2. The fraction of sp³-hybridized carbons (Fsp3) is 0.818. The zero-order chi connectivity index (χ0) is 44.5. The van der Waals surface area contributed by atoms with Crippen molar-refractivity contribution in [2.45, 2.75) is 283 Å². The highest BCUT2D eigenvalue weighted by Gasteiger charge is 2.24. The Labute approximate surface area is 378 Å². The van der Waals surface area contributed by atoms with Gasteiger partial charge in [0.2, 0.25) is 5.91 Å². The Bertz CT molecular complexity index is 1050. The fourth-order valence-electron chi connectivity index (χ4n) is 7.96. The van der Waals surface area contributed by atoms with Gasteiger partial charge >= 0.3 is 5.97 Å². The number of hydrogen-bond acceptors (Lipinski definition) is 5. The quantitative estimate of drug-likeness (QED) is 0.0322. The van der Waals surface area contributed by atoms with Crippen molar-refractivity contribution < 1.29 is 24.5 Å². The molecule has 3 atom stereocenters. The summed E-state index contributed by atoms with van der Waals surface area (Å²) in [5, 5.41) is 23.8. The average Bonchev–Trinajstić information content (AvgIpc) is 3.25. The lowest BCUT2D eigenvalue weighted by Gasteiger charge is -2.24. The Hall–Kier alpha value is -2.18. The zero-order valence-electron chi connectivity index (χ0n) is 40.5. The molecule has 0 spiro atoms. The molecule has 61 heavy (non-hydrogen) atoms. The second-order valence-electron chi connectivity index (χ2n) is 17.9. The van der Waals surface area contributed by atoms with Gasteiger partial charge in [0.1, 0.15) is 6.10 Å². The van der Waals surface area contributed by atoms with Gasteiger partial charge in [-0.25, -0.2) is 0 Å². The number of aliphatic hydroxyl groups excluding tert-OH is 2. The van der Waals surface area contributed by atoms with Crippen LogP contribution in [0.1, 0.15) is 265 Å². The van der Waals surface area contributed by atoms with Gasteiger partial charge in [0.25, 0.3) is 0 Å². The van der Waals surface area contributed by atoms with Crippen LogP contribution in [-0.2, 0) is 14.3 Å². The van der Waals surface area contributed by atoms with E-state index < -0.39 is 18.2 Å². The zero-order valence-corrected chi connectivity index (χ0v) is 40.5. The van der Waals surface area contributed by atoms with E-state index >= 15 is 0 Å². The minimum absolute atomic E-state index is 0.0423. The molecule has 356 valence electrons. The maximum atomic E-state index is 13.2. The smallest absolute Gasteiger partial charge is 0.306 e. The van der Waals surface area contributed by atoms with Gasteiger partial charge in [0.15, 0.2) is 0 Å². The van der Waals surface area contributed by atoms with Crippen LogP contribution in [0.4, 0.5) is 0 Å². The minimum Gasteiger partial charge on any atom is -0.462 e. The van der Waals surface area contributed by atoms with Gasteiger partial charge in [-0.2, -0.15) is 0 Å². The van der Waals surface area contributed by atoms with Crippen molar-refractivity contribution in [3.63, 3.8) is 0 Å². The molecule has 6 heteroatoms. The van der Waals surface area contributed by atoms with E-state index in [0.717, 1.165) is 77.0 Å². The van der Waals surface area contributed by atoms with E-state index in [4.69, 9.17) is 4.74 Å². The first-order chi connectivity index (χ1) is 30.0. The highest BCUT2D eigenvalue weighted by Crippen LogP contribution is 2.18. The third-order valence-corrected chi connectivity index (χ3v) is 11.9. The van der Waals surface area contributed by atoms with Crippen molar-refractivity contribution in [1.29, 1.82) is 0 Å². The van der Waals surface area contributed by atoms with Crippen LogP contribution in [0.2, 0.25) is 0 Å². The lowest BCUT2D eigenvalue weighted by atomic mass is 10.0. The molecule has 0 aliphatic heterocycles. The first-order valence-electron chi connectivity index (χ1n) is 26.4. The third kappa shape index (κ3) is 44.2. The van der Waals surface area contributed by atoms with Crippen LogP contribution in [-0.4, -0.2) is 46.9 Å². The van der Waals surface area contributed by atoms with Crippen molar-refractivity contribution in [3.8, 4) is 0 Å². The molecule has 0 aliphatic carbocycles. The van der Waals surface area contributed by atoms with E-state index in [9.17, 15) is 19.8 Å². The van der Waals surface area contributed by atoms with E-state index in [0.29, 0.717) is 19.3 Å². The number of esters is 1. The Balaban J connectivity index is 4.59. The summed E-state index contributed by atoms with van der Waals surface area (Å²) in [4.78, 5) is 26.1. The first-order valence-corrected chi connectivity index (χ1v) is 26.4. The van der Waals surface area contributed by atoms with Crippen LogP contribution in [0, 0.1) is 0 Å². The van der Waals surface area contributed by atoms with Gasteiger partial charge in [-0.05, 0) is 57.8 Å². The van der Waals surface area contributed by atoms with E-state index in [1.54, 1.807) is 0 Å². The van der Waals surface area contributed by atoms with Crippen LogP contribution >= 0.6 is 0 Å². The van der Waals surface area contributed by atoms with Crippen molar-refractivity contribution in [1.82, 2.24) is 5.32 Å². The summed E-state index contributed by atoms with van der Waals surface area (Å²) in [6.45, 7) is 6.36. The molecule has 0 saturated heterocycles. The van der Waals surface area contributed by atoms with Crippen molar-refractivity contribution >= 4 is 11.9 Å². The van der Waals surface area contributed by atoms with Crippen molar-refractivity contribution in [2.75, 3.05) is 6.61 Å². The second kappa shape index (κ2) is 48.8. The van der Waals surface area contributed by atoms with Crippen LogP contribution < -0.4 is 5.32 Å². The number of amides is 1. The predicted molar refractivity (Wildman–Crippen MR) is 264 cm³/mol. The number of unbranched alkanes of at least 4 members (excludes halogenated alkanes) is 27. The van der Waals surface area contributed by atoms with Crippen molar-refractivity contribution in [2.24, 2.45) is 0 Å². The molecule has 0 fully saturated rings. The molecule has 1 amide bonds. The molecule has 3 unspecified atom stereocenters. The number of hydrogen-bond donors (Lipinski definition) is 3. The Kier molecular flexibility index (Phi) is 47.1. The fourth-order valence-corrected chi connectivity index (χ4v) is 7.96. The molecule has 0 aromatic carbocycles. The summed E-state index contributed by atoms with van der Waals surface area (Å²) in [6, 6.07) is -0.717. The van der Waals surface area contributed by atoms with Crippen molar-refractivity contribution in [3.05, 3.63) is 48.6 Å². The van der Waals surface area contributed by atoms with Crippen LogP contribution in [0.25, 0.3) is 0 Å². The molecule has 0 heterocycles. The summed E-state index contributed by atoms with van der Waals surface area (Å²) >= 11 is 0. The summed E-state index contributed by atoms with van der Waals surface area (Å²) in [7, 11) is 0. The number of allylic oxidation sites excluding steroid dienone is 8. The monoisotopic (exact) mass is 856 g/mol. The molecule has 0 bridgehead atoms. The Morgan fingerprint density at radius 1 is 0.492 bits per heavy atom. The van der Waals surface area contributed by atoms with E-state index in [2.05, 4.69) is 74.7 Å². The topological polar surface area (TPSA) is 95.9 Å². The number of nitrogens with one attached hydrogen (secondary N) is 1. The van der Waals surface area contributed by atoms with Crippen LogP contribution in [0.3, 0.4) is 0 Å². The predicted octanol–water partition coefficient (Wildman–Crippen LogP) is 15.8. The normalized spacial score (nSPS) is 13.6. The molecule has 3 N–H and O–H groups in total. The minimum atomic E-state index is -0.800. The Morgan fingerprint density at radius 3 is 1.31 bits per heavy atom. The van der Waals surface area contributed by atoms with Gasteiger partial charge in [-0.3, -0.25) is 9.59 Å². The van der Waals surface area contributed by atoms with Gasteiger partial charge in [0, 0.05) is 6.42 Å². The first kappa shape index (κ1) is 58.8. The van der Waals surface area contributed by atoms with Crippen LogP contribution in [0.15, 0.2) is 48.6 Å².